The minimum absolute atomic E-state index is 0.161. The van der Waals surface area contributed by atoms with E-state index >= 15 is 0 Å². The van der Waals surface area contributed by atoms with Gasteiger partial charge in [0.25, 0.3) is 0 Å². The van der Waals surface area contributed by atoms with Crippen LogP contribution in [0.25, 0.3) is 6.08 Å². The van der Waals surface area contributed by atoms with Gasteiger partial charge < -0.3 is 14.2 Å². The summed E-state index contributed by atoms with van der Waals surface area (Å²) >= 11 is 3.46. The predicted molar refractivity (Wildman–Crippen MR) is 131 cm³/mol. The highest BCUT2D eigenvalue weighted by molar-refractivity contribution is 9.10. The van der Waals surface area contributed by atoms with Crippen LogP contribution in [0.4, 0.5) is 4.39 Å². The first-order valence-electron chi connectivity index (χ1n) is 11.0. The van der Waals surface area contributed by atoms with Gasteiger partial charge in [-0.05, 0) is 61.4 Å². The summed E-state index contributed by atoms with van der Waals surface area (Å²) in [6, 6.07) is 14.0. The van der Waals surface area contributed by atoms with Gasteiger partial charge in [-0.2, -0.15) is 0 Å². The molecule has 0 N–H and O–H groups in total. The van der Waals surface area contributed by atoms with E-state index in [0.717, 1.165) is 45.4 Å². The maximum absolute atomic E-state index is 13.2. The van der Waals surface area contributed by atoms with Crippen LogP contribution in [-0.2, 0) is 13.0 Å². The predicted octanol–water partition coefficient (Wildman–Crippen LogP) is 5.92. The molecule has 2 aliphatic heterocycles. The Labute approximate surface area is 205 Å². The Kier molecular flexibility index (Phi) is 6.15. The first-order valence-corrected chi connectivity index (χ1v) is 11.8. The van der Waals surface area contributed by atoms with Crippen LogP contribution in [0.1, 0.15) is 32.6 Å². The van der Waals surface area contributed by atoms with Crippen molar-refractivity contribution in [1.29, 1.82) is 0 Å². The second kappa shape index (κ2) is 9.24. The van der Waals surface area contributed by atoms with Crippen LogP contribution in [0.2, 0.25) is 0 Å². The van der Waals surface area contributed by atoms with Crippen LogP contribution in [0.3, 0.4) is 0 Å². The molecular formula is C27H23BrFNO4. The van der Waals surface area contributed by atoms with E-state index in [4.69, 9.17) is 14.2 Å². The number of Topliss-reactive ketones (excluding diaryl/α,β-unsaturated/α-hetero) is 1. The lowest BCUT2D eigenvalue weighted by Crippen LogP contribution is -2.34. The fourth-order valence-corrected chi connectivity index (χ4v) is 4.72. The molecule has 2 aliphatic rings. The highest BCUT2D eigenvalue weighted by atomic mass is 79.9. The number of carbonyl (C=O) groups excluding carboxylic acids is 1. The molecule has 5 rings (SSSR count). The number of ketones is 1. The number of ether oxygens (including phenoxy) is 3. The molecule has 3 aromatic rings. The van der Waals surface area contributed by atoms with Gasteiger partial charge in [0.15, 0.2) is 5.76 Å². The van der Waals surface area contributed by atoms with Gasteiger partial charge in [0, 0.05) is 34.3 Å². The summed E-state index contributed by atoms with van der Waals surface area (Å²) in [6.07, 6.45) is 2.49. The topological polar surface area (TPSA) is 48.0 Å². The van der Waals surface area contributed by atoms with Crippen molar-refractivity contribution in [3.63, 3.8) is 0 Å². The lowest BCUT2D eigenvalue weighted by Gasteiger charge is -2.30. The van der Waals surface area contributed by atoms with E-state index in [1.54, 1.807) is 25.3 Å². The smallest absolute Gasteiger partial charge is 0.231 e. The lowest BCUT2D eigenvalue weighted by atomic mass is 9.99. The largest absolute Gasteiger partial charge is 0.496 e. The van der Waals surface area contributed by atoms with Crippen molar-refractivity contribution in [2.24, 2.45) is 0 Å². The molecule has 0 saturated heterocycles. The zero-order valence-corrected chi connectivity index (χ0v) is 20.4. The third kappa shape index (κ3) is 4.33. The standard InChI is InChI=1S/C27H23BrFNO4/c1-16-26-19(14-30(15-33-26)10-9-17-3-6-21(29)7-4-17)12-22-25(31)24(34-27(16)22)13-18-11-20(28)5-8-23(18)32-2/h3-8,11-13H,9-10,14-15H2,1-2H3/b24-13-. The molecule has 0 aromatic heterocycles. The van der Waals surface area contributed by atoms with E-state index < -0.39 is 0 Å². The normalized spacial score (nSPS) is 16.1. The van der Waals surface area contributed by atoms with Crippen LogP contribution in [0, 0.1) is 12.7 Å². The number of carbonyl (C=O) groups is 1. The van der Waals surface area contributed by atoms with Gasteiger partial charge in [0.1, 0.15) is 29.8 Å². The van der Waals surface area contributed by atoms with Crippen LogP contribution in [0.5, 0.6) is 17.2 Å². The molecule has 0 unspecified atom stereocenters. The van der Waals surface area contributed by atoms with Gasteiger partial charge >= 0.3 is 0 Å². The molecule has 0 amide bonds. The molecule has 5 nitrogen and oxygen atoms in total. The molecule has 2 heterocycles. The molecule has 3 aromatic carbocycles. The molecular weight excluding hydrogens is 501 g/mol. The number of rotatable bonds is 5. The summed E-state index contributed by atoms with van der Waals surface area (Å²) in [5.41, 5.74) is 4.14. The van der Waals surface area contributed by atoms with Crippen molar-refractivity contribution in [2.75, 3.05) is 20.4 Å². The van der Waals surface area contributed by atoms with E-state index in [9.17, 15) is 9.18 Å². The van der Waals surface area contributed by atoms with Crippen molar-refractivity contribution < 1.29 is 23.4 Å². The number of benzene rings is 3. The van der Waals surface area contributed by atoms with Crippen LogP contribution >= 0.6 is 15.9 Å². The summed E-state index contributed by atoms with van der Waals surface area (Å²) in [5, 5.41) is 0. The van der Waals surface area contributed by atoms with Crippen LogP contribution in [0.15, 0.2) is 58.8 Å². The molecule has 0 saturated carbocycles. The number of methoxy groups -OCH3 is 1. The van der Waals surface area contributed by atoms with Crippen LogP contribution < -0.4 is 14.2 Å². The highest BCUT2D eigenvalue weighted by Gasteiger charge is 2.33. The summed E-state index contributed by atoms with van der Waals surface area (Å²) in [6.45, 7) is 3.79. The third-order valence-electron chi connectivity index (χ3n) is 6.11. The minimum atomic E-state index is -0.234. The van der Waals surface area contributed by atoms with E-state index in [0.29, 0.717) is 30.3 Å². The van der Waals surface area contributed by atoms with Crippen molar-refractivity contribution in [3.05, 3.63) is 92.4 Å². The maximum atomic E-state index is 13.2. The average Bonchev–Trinajstić information content (AvgIpc) is 3.14. The average molecular weight is 524 g/mol. The highest BCUT2D eigenvalue weighted by Crippen LogP contribution is 2.43. The Hall–Kier alpha value is -3.16. The van der Waals surface area contributed by atoms with Crippen molar-refractivity contribution >= 4 is 27.8 Å². The zero-order valence-electron chi connectivity index (χ0n) is 18.9. The van der Waals surface area contributed by atoms with Gasteiger partial charge in [0.05, 0.1) is 12.7 Å². The van der Waals surface area contributed by atoms with Crippen molar-refractivity contribution in [3.8, 4) is 17.2 Å². The molecule has 0 spiro atoms. The van der Waals surface area contributed by atoms with E-state index in [1.165, 1.54) is 12.1 Å². The minimum Gasteiger partial charge on any atom is -0.496 e. The summed E-state index contributed by atoms with van der Waals surface area (Å²) in [5.74, 6) is 1.83. The Morgan fingerprint density at radius 1 is 1.15 bits per heavy atom. The summed E-state index contributed by atoms with van der Waals surface area (Å²) in [7, 11) is 1.59. The molecule has 34 heavy (non-hydrogen) atoms. The second-order valence-electron chi connectivity index (χ2n) is 8.39. The monoisotopic (exact) mass is 523 g/mol. The van der Waals surface area contributed by atoms with Gasteiger partial charge in [-0.25, -0.2) is 4.39 Å². The van der Waals surface area contributed by atoms with Gasteiger partial charge in [-0.15, -0.1) is 0 Å². The van der Waals surface area contributed by atoms with Gasteiger partial charge in [-0.1, -0.05) is 28.1 Å². The van der Waals surface area contributed by atoms with E-state index in [2.05, 4.69) is 20.8 Å². The number of hydrogen-bond donors (Lipinski definition) is 0. The quantitative estimate of drug-likeness (QED) is 0.388. The first kappa shape index (κ1) is 22.6. The lowest BCUT2D eigenvalue weighted by molar-refractivity contribution is 0.0954. The van der Waals surface area contributed by atoms with Crippen molar-refractivity contribution in [2.45, 2.75) is 19.9 Å². The van der Waals surface area contributed by atoms with Crippen molar-refractivity contribution in [1.82, 2.24) is 4.90 Å². The third-order valence-corrected chi connectivity index (χ3v) is 6.60. The van der Waals surface area contributed by atoms with Gasteiger partial charge in [-0.3, -0.25) is 9.69 Å². The maximum Gasteiger partial charge on any atom is 0.231 e. The Balaban J connectivity index is 1.38. The Morgan fingerprint density at radius 3 is 2.71 bits per heavy atom. The van der Waals surface area contributed by atoms with Gasteiger partial charge in [0.2, 0.25) is 5.78 Å². The fraction of sp³-hybridized carbons (Fsp3) is 0.222. The number of allylic oxidation sites excluding steroid dienone is 1. The zero-order chi connectivity index (χ0) is 23.8. The number of halogens is 2. The molecule has 0 bridgehead atoms. The molecule has 7 heteroatoms. The molecule has 0 aliphatic carbocycles. The van der Waals surface area contributed by atoms with E-state index in [1.807, 2.05) is 31.2 Å². The molecule has 0 radical (unpaired) electrons. The number of fused-ring (bicyclic) bond motifs is 2. The second-order valence-corrected chi connectivity index (χ2v) is 9.31. The first-order chi connectivity index (χ1) is 16.4. The summed E-state index contributed by atoms with van der Waals surface area (Å²) < 4.78 is 31.5. The number of hydrogen-bond acceptors (Lipinski definition) is 5. The SMILES string of the molecule is COc1ccc(Br)cc1/C=C1\Oc2c(cc3c(c2C)OCN(CCc2ccc(F)cc2)C3)C1=O. The fourth-order valence-electron chi connectivity index (χ4n) is 4.34. The van der Waals surface area contributed by atoms with E-state index in [-0.39, 0.29) is 17.4 Å². The molecule has 174 valence electrons. The Bertz CT molecular complexity index is 1300. The van der Waals surface area contributed by atoms with Crippen LogP contribution in [-0.4, -0.2) is 31.1 Å². The molecule has 0 fully saturated rings. The number of nitrogens with zero attached hydrogens (tertiary/aromatic N) is 1. The Morgan fingerprint density at radius 2 is 1.94 bits per heavy atom. The molecule has 0 atom stereocenters. The summed E-state index contributed by atoms with van der Waals surface area (Å²) in [4.78, 5) is 15.4.